The minimum absolute atomic E-state index is 0.0474. The molecule has 1 amide bonds. The number of nitrogens with one attached hydrogen (secondary N) is 2. The van der Waals surface area contributed by atoms with Gasteiger partial charge in [-0.15, -0.1) is 0 Å². The van der Waals surface area contributed by atoms with Crippen molar-refractivity contribution in [3.8, 4) is 0 Å². The smallest absolute Gasteiger partial charge is 0.251 e. The highest BCUT2D eigenvalue weighted by atomic mass is 16.3. The first kappa shape index (κ1) is 13.2. The summed E-state index contributed by atoms with van der Waals surface area (Å²) < 4.78 is 5.02. The lowest BCUT2D eigenvalue weighted by Crippen LogP contribution is -2.22. The highest BCUT2D eigenvalue weighted by molar-refractivity contribution is 5.95. The van der Waals surface area contributed by atoms with E-state index in [4.69, 9.17) is 4.42 Å². The van der Waals surface area contributed by atoms with E-state index in [1.807, 2.05) is 38.1 Å². The lowest BCUT2D eigenvalue weighted by Gasteiger charge is -2.10. The molecule has 0 aliphatic rings. The Morgan fingerprint density at radius 3 is 2.84 bits per heavy atom. The van der Waals surface area contributed by atoms with Crippen LogP contribution in [0.1, 0.15) is 28.4 Å². The molecule has 1 heterocycles. The second kappa shape index (κ2) is 6.09. The van der Waals surface area contributed by atoms with Crippen LogP contribution in [-0.4, -0.2) is 12.5 Å². The minimum Gasteiger partial charge on any atom is -0.472 e. The third kappa shape index (κ3) is 3.37. The van der Waals surface area contributed by atoms with Gasteiger partial charge in [0.25, 0.3) is 5.91 Å². The predicted molar refractivity (Wildman–Crippen MR) is 75.2 cm³/mol. The molecule has 1 aromatic carbocycles. The highest BCUT2D eigenvalue weighted by Gasteiger charge is 2.07. The molecule has 0 radical (unpaired) electrons. The Labute approximate surface area is 112 Å². The van der Waals surface area contributed by atoms with Gasteiger partial charge in [-0.3, -0.25) is 4.79 Å². The highest BCUT2D eigenvalue weighted by Crippen LogP contribution is 2.18. The largest absolute Gasteiger partial charge is 0.472 e. The number of benzene rings is 1. The summed E-state index contributed by atoms with van der Waals surface area (Å²) in [6, 6.07) is 7.57. The van der Waals surface area contributed by atoms with Crippen molar-refractivity contribution in [1.82, 2.24) is 5.32 Å². The monoisotopic (exact) mass is 258 g/mol. The molecule has 2 N–H and O–H groups in total. The van der Waals surface area contributed by atoms with Gasteiger partial charge >= 0.3 is 0 Å². The molecule has 2 aromatic rings. The van der Waals surface area contributed by atoms with E-state index in [1.165, 1.54) is 0 Å². The molecule has 100 valence electrons. The molecule has 0 saturated heterocycles. The fraction of sp³-hybridized carbons (Fsp3) is 0.267. The Hall–Kier alpha value is -2.23. The number of rotatable bonds is 5. The predicted octanol–water partition coefficient (Wildman–Crippen LogP) is 2.95. The summed E-state index contributed by atoms with van der Waals surface area (Å²) in [6.45, 7) is 5.23. The van der Waals surface area contributed by atoms with Crippen LogP contribution in [0.5, 0.6) is 0 Å². The van der Waals surface area contributed by atoms with Crippen LogP contribution in [0.2, 0.25) is 0 Å². The van der Waals surface area contributed by atoms with Crippen molar-refractivity contribution < 1.29 is 9.21 Å². The number of furan rings is 1. The van der Waals surface area contributed by atoms with E-state index < -0.39 is 0 Å². The zero-order valence-corrected chi connectivity index (χ0v) is 11.2. The first-order valence-electron chi connectivity index (χ1n) is 6.34. The zero-order chi connectivity index (χ0) is 13.7. The van der Waals surface area contributed by atoms with Crippen molar-refractivity contribution in [2.75, 3.05) is 11.9 Å². The van der Waals surface area contributed by atoms with E-state index in [2.05, 4.69) is 10.6 Å². The van der Waals surface area contributed by atoms with E-state index in [-0.39, 0.29) is 5.91 Å². The summed E-state index contributed by atoms with van der Waals surface area (Å²) in [5.74, 6) is -0.0474. The molecule has 0 atom stereocenters. The number of carbonyl (C=O) groups is 1. The third-order valence-corrected chi connectivity index (χ3v) is 2.90. The van der Waals surface area contributed by atoms with Crippen LogP contribution in [0.4, 0.5) is 5.69 Å². The maximum atomic E-state index is 11.8. The van der Waals surface area contributed by atoms with Crippen molar-refractivity contribution in [3.63, 3.8) is 0 Å². The van der Waals surface area contributed by atoms with Gasteiger partial charge in [0.05, 0.1) is 12.5 Å². The number of anilines is 1. The van der Waals surface area contributed by atoms with Gasteiger partial charge in [-0.2, -0.15) is 0 Å². The van der Waals surface area contributed by atoms with Crippen molar-refractivity contribution in [2.45, 2.75) is 20.4 Å². The number of aryl methyl sites for hydroxylation is 1. The molecule has 4 heteroatoms. The summed E-state index contributed by atoms with van der Waals surface area (Å²) >= 11 is 0. The first-order chi connectivity index (χ1) is 9.20. The Morgan fingerprint density at radius 1 is 1.32 bits per heavy atom. The summed E-state index contributed by atoms with van der Waals surface area (Å²) in [5, 5.41) is 6.11. The lowest BCUT2D eigenvalue weighted by atomic mass is 10.1. The quantitative estimate of drug-likeness (QED) is 0.867. The maximum Gasteiger partial charge on any atom is 0.251 e. The first-order valence-corrected chi connectivity index (χ1v) is 6.34. The molecule has 0 saturated carbocycles. The van der Waals surface area contributed by atoms with Gasteiger partial charge in [-0.1, -0.05) is 6.07 Å². The van der Waals surface area contributed by atoms with Crippen molar-refractivity contribution in [1.29, 1.82) is 0 Å². The van der Waals surface area contributed by atoms with E-state index in [0.717, 1.165) is 16.8 Å². The van der Waals surface area contributed by atoms with Gasteiger partial charge in [0.1, 0.15) is 0 Å². The van der Waals surface area contributed by atoms with E-state index in [9.17, 15) is 4.79 Å². The Kier molecular flexibility index (Phi) is 4.23. The van der Waals surface area contributed by atoms with Crippen molar-refractivity contribution in [3.05, 3.63) is 53.5 Å². The van der Waals surface area contributed by atoms with Crippen LogP contribution < -0.4 is 10.6 Å². The van der Waals surface area contributed by atoms with Gasteiger partial charge in [0.2, 0.25) is 0 Å². The molecule has 0 spiro atoms. The SMILES string of the molecule is CCNC(=O)c1ccc(C)c(NCc2ccoc2)c1. The lowest BCUT2D eigenvalue weighted by molar-refractivity contribution is 0.0956. The third-order valence-electron chi connectivity index (χ3n) is 2.90. The standard InChI is InChI=1S/C15H18N2O2/c1-3-16-15(18)13-5-4-11(2)14(8-13)17-9-12-6-7-19-10-12/h4-8,10,17H,3,9H2,1-2H3,(H,16,18). The Balaban J connectivity index is 2.10. The second-order valence-corrected chi connectivity index (χ2v) is 4.37. The van der Waals surface area contributed by atoms with Crippen LogP contribution in [0, 0.1) is 6.92 Å². The van der Waals surface area contributed by atoms with E-state index in [0.29, 0.717) is 18.7 Å². The van der Waals surface area contributed by atoms with Gasteiger partial charge < -0.3 is 15.1 Å². The zero-order valence-electron chi connectivity index (χ0n) is 11.2. The molecule has 0 bridgehead atoms. The van der Waals surface area contributed by atoms with Gasteiger partial charge in [0.15, 0.2) is 0 Å². The summed E-state index contributed by atoms with van der Waals surface area (Å²) in [4.78, 5) is 11.8. The van der Waals surface area contributed by atoms with Crippen LogP contribution in [-0.2, 0) is 6.54 Å². The topological polar surface area (TPSA) is 54.3 Å². The van der Waals surface area contributed by atoms with Gasteiger partial charge in [-0.25, -0.2) is 0 Å². The molecule has 0 fully saturated rings. The summed E-state index contributed by atoms with van der Waals surface area (Å²) in [7, 11) is 0. The fourth-order valence-electron chi connectivity index (χ4n) is 1.81. The Morgan fingerprint density at radius 2 is 2.16 bits per heavy atom. The average molecular weight is 258 g/mol. The molecular weight excluding hydrogens is 240 g/mol. The van der Waals surface area contributed by atoms with Gasteiger partial charge in [0, 0.05) is 29.9 Å². The number of hydrogen-bond donors (Lipinski definition) is 2. The Bertz CT molecular complexity index is 547. The number of carbonyl (C=O) groups excluding carboxylic acids is 1. The van der Waals surface area contributed by atoms with E-state index >= 15 is 0 Å². The van der Waals surface area contributed by atoms with Crippen LogP contribution in [0.25, 0.3) is 0 Å². The van der Waals surface area contributed by atoms with Crippen molar-refractivity contribution >= 4 is 11.6 Å². The van der Waals surface area contributed by atoms with Crippen molar-refractivity contribution in [2.24, 2.45) is 0 Å². The molecule has 0 unspecified atom stereocenters. The normalized spacial score (nSPS) is 10.2. The maximum absolute atomic E-state index is 11.8. The molecule has 0 aliphatic heterocycles. The van der Waals surface area contributed by atoms with E-state index in [1.54, 1.807) is 12.5 Å². The minimum atomic E-state index is -0.0474. The molecule has 4 nitrogen and oxygen atoms in total. The molecule has 0 aliphatic carbocycles. The molecule has 2 rings (SSSR count). The number of amides is 1. The van der Waals surface area contributed by atoms with Crippen LogP contribution >= 0.6 is 0 Å². The van der Waals surface area contributed by atoms with Gasteiger partial charge in [-0.05, 0) is 37.6 Å². The molecular formula is C15H18N2O2. The molecule has 1 aromatic heterocycles. The van der Waals surface area contributed by atoms with Crippen LogP contribution in [0.3, 0.4) is 0 Å². The average Bonchev–Trinajstić information content (AvgIpc) is 2.91. The summed E-state index contributed by atoms with van der Waals surface area (Å²) in [6.07, 6.45) is 3.35. The van der Waals surface area contributed by atoms with Crippen LogP contribution in [0.15, 0.2) is 41.2 Å². The fourth-order valence-corrected chi connectivity index (χ4v) is 1.81. The second-order valence-electron chi connectivity index (χ2n) is 4.37. The molecule has 19 heavy (non-hydrogen) atoms. The summed E-state index contributed by atoms with van der Waals surface area (Å²) in [5.41, 5.74) is 3.81. The number of hydrogen-bond acceptors (Lipinski definition) is 3.